The maximum atomic E-state index is 12.1. The van der Waals surface area contributed by atoms with Crippen molar-refractivity contribution in [3.05, 3.63) is 27.9 Å². The van der Waals surface area contributed by atoms with E-state index in [0.29, 0.717) is 10.6 Å². The number of aryl methyl sites for hydroxylation is 1. The number of ether oxygens (including phenoxy) is 1. The van der Waals surface area contributed by atoms with Gasteiger partial charge in [0.2, 0.25) is 0 Å². The molecular formula is C12H13N3O4S. The fourth-order valence-corrected chi connectivity index (χ4v) is 2.84. The summed E-state index contributed by atoms with van der Waals surface area (Å²) in [4.78, 5) is 24.1. The third-order valence-electron chi connectivity index (χ3n) is 2.81. The van der Waals surface area contributed by atoms with Crippen molar-refractivity contribution >= 4 is 23.3 Å². The van der Waals surface area contributed by atoms with Crippen molar-refractivity contribution in [3.8, 4) is 5.00 Å². The second kappa shape index (κ2) is 5.41. The molecule has 106 valence electrons. The Hall–Kier alpha value is -2.22. The van der Waals surface area contributed by atoms with E-state index in [1.165, 1.54) is 11.3 Å². The number of aromatic carboxylic acids is 1. The van der Waals surface area contributed by atoms with Gasteiger partial charge in [-0.15, -0.1) is 16.4 Å². The zero-order valence-corrected chi connectivity index (χ0v) is 12.0. The molecule has 20 heavy (non-hydrogen) atoms. The number of rotatable bonds is 4. The van der Waals surface area contributed by atoms with E-state index in [9.17, 15) is 9.59 Å². The number of hydrogen-bond donors (Lipinski definition) is 1. The summed E-state index contributed by atoms with van der Waals surface area (Å²) < 4.78 is 6.17. The van der Waals surface area contributed by atoms with Gasteiger partial charge in [-0.2, -0.15) is 4.68 Å². The molecule has 0 aliphatic rings. The minimum absolute atomic E-state index is 0.100. The van der Waals surface area contributed by atoms with Crippen molar-refractivity contribution in [2.24, 2.45) is 0 Å². The van der Waals surface area contributed by atoms with E-state index >= 15 is 0 Å². The fraction of sp³-hybridized carbons (Fsp3) is 0.333. The molecule has 0 aromatic carbocycles. The summed E-state index contributed by atoms with van der Waals surface area (Å²) in [5, 5.41) is 16.9. The van der Waals surface area contributed by atoms with Crippen molar-refractivity contribution in [2.45, 2.75) is 20.8 Å². The normalized spacial score (nSPS) is 10.6. The first-order valence-corrected chi connectivity index (χ1v) is 6.70. The Morgan fingerprint density at radius 3 is 2.75 bits per heavy atom. The Morgan fingerprint density at radius 1 is 1.45 bits per heavy atom. The number of carboxylic acid groups (broad SMARTS) is 1. The summed E-state index contributed by atoms with van der Waals surface area (Å²) in [7, 11) is 0. The average molecular weight is 295 g/mol. The third-order valence-corrected chi connectivity index (χ3v) is 3.99. The van der Waals surface area contributed by atoms with E-state index in [2.05, 4.69) is 10.3 Å². The van der Waals surface area contributed by atoms with E-state index in [1.54, 1.807) is 13.8 Å². The maximum absolute atomic E-state index is 12.1. The summed E-state index contributed by atoms with van der Waals surface area (Å²) in [5.74, 6) is -1.65. The Balaban J connectivity index is 2.62. The van der Waals surface area contributed by atoms with Crippen molar-refractivity contribution in [1.82, 2.24) is 15.0 Å². The predicted molar refractivity (Wildman–Crippen MR) is 71.6 cm³/mol. The fourth-order valence-electron chi connectivity index (χ4n) is 1.73. The first-order chi connectivity index (χ1) is 9.47. The number of carbonyl (C=O) groups is 2. The van der Waals surface area contributed by atoms with Crippen molar-refractivity contribution in [1.29, 1.82) is 0 Å². The molecule has 2 heterocycles. The van der Waals surface area contributed by atoms with Crippen LogP contribution in [0.5, 0.6) is 0 Å². The highest BCUT2D eigenvalue weighted by Gasteiger charge is 2.25. The van der Waals surface area contributed by atoms with Crippen LogP contribution in [0.4, 0.5) is 0 Å². The first kappa shape index (κ1) is 14.2. The van der Waals surface area contributed by atoms with Crippen LogP contribution in [0.2, 0.25) is 0 Å². The highest BCUT2D eigenvalue weighted by Crippen LogP contribution is 2.31. The van der Waals surface area contributed by atoms with E-state index in [-0.39, 0.29) is 12.3 Å². The van der Waals surface area contributed by atoms with Crippen LogP contribution < -0.4 is 0 Å². The molecule has 2 aromatic heterocycles. The number of esters is 1. The molecule has 7 nitrogen and oxygen atoms in total. The van der Waals surface area contributed by atoms with Gasteiger partial charge in [0.25, 0.3) is 0 Å². The van der Waals surface area contributed by atoms with Crippen LogP contribution in [0.25, 0.3) is 5.00 Å². The van der Waals surface area contributed by atoms with Gasteiger partial charge in [-0.05, 0) is 26.3 Å². The summed E-state index contributed by atoms with van der Waals surface area (Å²) in [5.41, 5.74) is 0.995. The average Bonchev–Trinajstić information content (AvgIpc) is 2.96. The topological polar surface area (TPSA) is 94.3 Å². The Kier molecular flexibility index (Phi) is 3.84. The molecule has 0 saturated carbocycles. The second-order valence-corrected chi connectivity index (χ2v) is 5.22. The molecule has 0 bridgehead atoms. The first-order valence-electron chi connectivity index (χ1n) is 5.88. The van der Waals surface area contributed by atoms with E-state index in [1.807, 2.05) is 6.92 Å². The zero-order chi connectivity index (χ0) is 14.9. The van der Waals surface area contributed by atoms with Crippen LogP contribution in [0.15, 0.2) is 6.20 Å². The lowest BCUT2D eigenvalue weighted by molar-refractivity contribution is 0.0524. The summed E-state index contributed by atoms with van der Waals surface area (Å²) in [6.45, 7) is 5.60. The molecule has 0 unspecified atom stereocenters. The Bertz CT molecular complexity index is 674. The van der Waals surface area contributed by atoms with Crippen LogP contribution in [0.1, 0.15) is 38.2 Å². The molecule has 2 rings (SSSR count). The van der Waals surface area contributed by atoms with E-state index in [0.717, 1.165) is 21.3 Å². The molecule has 0 aliphatic heterocycles. The highest BCUT2D eigenvalue weighted by atomic mass is 32.1. The quantitative estimate of drug-likeness (QED) is 0.865. The standard InChI is InChI=1S/C12H13N3O4S/c1-4-19-12(18)9-6(2)7(3)20-10(9)15-8(11(16)17)5-13-14-15/h5H,4H2,1-3H3,(H,16,17). The molecular weight excluding hydrogens is 282 g/mol. The summed E-state index contributed by atoms with van der Waals surface area (Å²) >= 11 is 1.28. The minimum Gasteiger partial charge on any atom is -0.476 e. The predicted octanol–water partition coefficient (Wildman–Crippen LogP) is 1.82. The molecule has 0 amide bonds. The summed E-state index contributed by atoms with van der Waals surface area (Å²) in [6.07, 6.45) is 1.14. The number of carboxylic acids is 1. The van der Waals surface area contributed by atoms with Crippen LogP contribution >= 0.6 is 11.3 Å². The van der Waals surface area contributed by atoms with Crippen LogP contribution in [0.3, 0.4) is 0 Å². The lowest BCUT2D eigenvalue weighted by Crippen LogP contribution is -2.13. The molecule has 0 saturated heterocycles. The van der Waals surface area contributed by atoms with Crippen LogP contribution in [-0.2, 0) is 4.74 Å². The van der Waals surface area contributed by atoms with Crippen LogP contribution in [0, 0.1) is 13.8 Å². The Morgan fingerprint density at radius 2 is 2.15 bits per heavy atom. The molecule has 0 atom stereocenters. The number of hydrogen-bond acceptors (Lipinski definition) is 6. The number of thiophene rings is 1. The maximum Gasteiger partial charge on any atom is 0.356 e. The zero-order valence-electron chi connectivity index (χ0n) is 11.2. The largest absolute Gasteiger partial charge is 0.476 e. The molecule has 8 heteroatoms. The smallest absolute Gasteiger partial charge is 0.356 e. The molecule has 0 fully saturated rings. The van der Waals surface area contributed by atoms with E-state index < -0.39 is 11.9 Å². The van der Waals surface area contributed by atoms with Crippen molar-refractivity contribution in [2.75, 3.05) is 6.61 Å². The van der Waals surface area contributed by atoms with Gasteiger partial charge in [0.05, 0.1) is 18.4 Å². The summed E-state index contributed by atoms with van der Waals surface area (Å²) in [6, 6.07) is 0. The second-order valence-electron chi connectivity index (χ2n) is 4.02. The monoisotopic (exact) mass is 295 g/mol. The number of carbonyl (C=O) groups excluding carboxylic acids is 1. The lowest BCUT2D eigenvalue weighted by Gasteiger charge is -2.05. The molecule has 1 N–H and O–H groups in total. The van der Waals surface area contributed by atoms with Gasteiger partial charge in [-0.25, -0.2) is 9.59 Å². The number of aromatic nitrogens is 3. The van der Waals surface area contributed by atoms with Gasteiger partial charge in [-0.3, -0.25) is 0 Å². The van der Waals surface area contributed by atoms with Gasteiger partial charge in [0.1, 0.15) is 5.00 Å². The van der Waals surface area contributed by atoms with Gasteiger partial charge >= 0.3 is 11.9 Å². The van der Waals surface area contributed by atoms with Gasteiger partial charge in [-0.1, -0.05) is 5.21 Å². The van der Waals surface area contributed by atoms with Gasteiger partial charge in [0.15, 0.2) is 5.69 Å². The van der Waals surface area contributed by atoms with Crippen LogP contribution in [-0.4, -0.2) is 38.6 Å². The molecule has 0 radical (unpaired) electrons. The third kappa shape index (κ3) is 2.29. The van der Waals surface area contributed by atoms with Crippen molar-refractivity contribution in [3.63, 3.8) is 0 Å². The van der Waals surface area contributed by atoms with Gasteiger partial charge < -0.3 is 9.84 Å². The molecule has 0 spiro atoms. The molecule has 0 aliphatic carbocycles. The minimum atomic E-state index is -1.16. The molecule has 2 aromatic rings. The lowest BCUT2D eigenvalue weighted by atomic mass is 10.1. The Labute approximate surface area is 118 Å². The number of nitrogens with zero attached hydrogens (tertiary/aromatic N) is 3. The van der Waals surface area contributed by atoms with Gasteiger partial charge in [0, 0.05) is 4.88 Å². The van der Waals surface area contributed by atoms with E-state index in [4.69, 9.17) is 9.84 Å². The SMILES string of the molecule is CCOC(=O)c1c(-n2nncc2C(=O)O)sc(C)c1C. The highest BCUT2D eigenvalue weighted by molar-refractivity contribution is 7.15. The van der Waals surface area contributed by atoms with Crippen molar-refractivity contribution < 1.29 is 19.4 Å².